The minimum absolute atomic E-state index is 0.0261. The predicted octanol–water partition coefficient (Wildman–Crippen LogP) is 7.98. The summed E-state index contributed by atoms with van der Waals surface area (Å²) in [5, 5.41) is 91.0. The maximum atomic E-state index is 11.9. The summed E-state index contributed by atoms with van der Waals surface area (Å²) in [4.78, 5) is 0. The lowest BCUT2D eigenvalue weighted by molar-refractivity contribution is -0.0808. The van der Waals surface area contributed by atoms with E-state index in [1.165, 1.54) is 55.1 Å². The molecule has 392 valence electrons. The van der Waals surface area contributed by atoms with Crippen molar-refractivity contribution in [2.45, 2.75) is 177 Å². The molecule has 0 radical (unpaired) electrons. The van der Waals surface area contributed by atoms with Crippen molar-refractivity contribution in [3.05, 3.63) is 41.0 Å². The van der Waals surface area contributed by atoms with Crippen molar-refractivity contribution in [1.82, 2.24) is 5.32 Å². The van der Waals surface area contributed by atoms with Crippen molar-refractivity contribution in [1.29, 1.82) is 0 Å². The maximum absolute atomic E-state index is 11.9. The van der Waals surface area contributed by atoms with E-state index in [1.54, 1.807) is 18.2 Å². The molecule has 2 aromatic carbocycles. The van der Waals surface area contributed by atoms with Gasteiger partial charge in [0, 0.05) is 47.5 Å². The third kappa shape index (κ3) is 13.6. The molecule has 15 heteroatoms. The maximum Gasteiger partial charge on any atom is 0.200 e. The Bertz CT molecular complexity index is 2000. The lowest BCUT2D eigenvalue weighted by Gasteiger charge is -2.53. The minimum atomic E-state index is -1.03. The fraction of sp³-hybridized carbons (Fsp3) is 0.745. The van der Waals surface area contributed by atoms with Crippen molar-refractivity contribution in [2.75, 3.05) is 46.5 Å². The van der Waals surface area contributed by atoms with Gasteiger partial charge in [0.2, 0.25) is 5.75 Å². The first-order chi connectivity index (χ1) is 33.8. The first kappa shape index (κ1) is 55.1. The highest BCUT2D eigenvalue weighted by molar-refractivity contribution is 8.76. The van der Waals surface area contributed by atoms with Crippen LogP contribution in [-0.4, -0.2) is 123 Å². The van der Waals surface area contributed by atoms with Crippen molar-refractivity contribution >= 4 is 21.6 Å². The molecule has 0 bridgehead atoms. The molecule has 12 atom stereocenters. The van der Waals surface area contributed by atoms with Crippen molar-refractivity contribution in [3.8, 4) is 40.6 Å². The number of nitrogens with one attached hydrogen (secondary N) is 1. The van der Waals surface area contributed by atoms with E-state index in [0.717, 1.165) is 81.9 Å². The number of methoxy groups -OCH3 is 2. The van der Waals surface area contributed by atoms with Gasteiger partial charge in [0.1, 0.15) is 6.79 Å². The van der Waals surface area contributed by atoms with Crippen molar-refractivity contribution in [3.63, 3.8) is 0 Å². The second-order valence-corrected chi connectivity index (χ2v) is 24.0. The lowest BCUT2D eigenvalue weighted by Crippen LogP contribution is -2.53. The summed E-state index contributed by atoms with van der Waals surface area (Å²) in [6, 6.07) is 7.07. The molecule has 2 aliphatic heterocycles. The smallest absolute Gasteiger partial charge is 0.200 e. The molecular weight excluding hydrogens is 931 g/mol. The highest BCUT2D eigenvalue weighted by Crippen LogP contribution is 2.57. The average Bonchev–Trinajstić information content (AvgIpc) is 3.40. The molecule has 3 saturated carbocycles. The summed E-state index contributed by atoms with van der Waals surface area (Å²) in [5.74, 6) is 9.73. The number of hydrogen-bond donors (Lipinski definition) is 9. The van der Waals surface area contributed by atoms with Crippen LogP contribution in [0.4, 0.5) is 0 Å². The minimum Gasteiger partial charge on any atom is -0.504 e. The molecule has 2 spiro atoms. The number of phenolic OH excluding ortho intramolecular Hbond substituents is 2. The number of fused-ring (bicyclic) bond motifs is 3. The molecule has 9 N–H and O–H groups in total. The Balaban J connectivity index is 1.17. The van der Waals surface area contributed by atoms with Crippen LogP contribution in [0.25, 0.3) is 0 Å². The fourth-order valence-corrected chi connectivity index (χ4v) is 15.9. The molecule has 2 aromatic rings. The SMILES string of the molecule is COc1cc(CC2C(O)CSSC(CCO)c3cc(O)c(OC4CCC5CNC6(CC#CC7(CC(C)CCC7CCC(O)CCO)C5C4)CCCCC6)cc3CCC(OCO)CC2O)cc(OC)c1O. The molecular formula is C55H83NO12S2. The monoisotopic (exact) mass is 1010 g/mol. The van der Waals surface area contributed by atoms with E-state index in [0.29, 0.717) is 61.2 Å². The standard InChI is InChI=1S/C55H83NO12S2/c1-35-8-11-39(12-13-40(60)16-22-57)55(31-35)21-7-20-54(18-5-4-6-19-54)56-32-38-10-15-42(28-45(38)55)68-49-27-37-9-14-41(67-34-59)29-46(61)44(24-36-25-50(65-2)53(64)51(26-36)66-3)48(63)33-69-70-52(17-23-58)43(37)30-47(49)62/h25-27,30,35,38-42,44-46,48,52,56-64H,4-6,8-20,22-24,28-29,31-34H2,1-3H3. The highest BCUT2D eigenvalue weighted by Gasteiger charge is 2.53. The van der Waals surface area contributed by atoms with Crippen LogP contribution < -0.4 is 19.5 Å². The third-order valence-corrected chi connectivity index (χ3v) is 19.7. The van der Waals surface area contributed by atoms with E-state index in [2.05, 4.69) is 24.1 Å². The zero-order valence-corrected chi connectivity index (χ0v) is 43.5. The first-order valence-electron chi connectivity index (χ1n) is 26.3. The Morgan fingerprint density at radius 1 is 0.843 bits per heavy atom. The number of rotatable bonds is 15. The van der Waals surface area contributed by atoms with Gasteiger partial charge in [0.05, 0.1) is 44.7 Å². The van der Waals surface area contributed by atoms with Crippen LogP contribution in [-0.2, 0) is 17.6 Å². The predicted molar refractivity (Wildman–Crippen MR) is 275 cm³/mol. The van der Waals surface area contributed by atoms with Gasteiger partial charge in [-0.25, -0.2) is 0 Å². The molecule has 5 aliphatic rings. The number of aliphatic hydroxyl groups excluding tert-OH is 6. The van der Waals surface area contributed by atoms with Gasteiger partial charge in [-0.05, 0) is 167 Å². The highest BCUT2D eigenvalue weighted by atomic mass is 33.1. The quantitative estimate of drug-likeness (QED) is 0.0471. The summed E-state index contributed by atoms with van der Waals surface area (Å²) >= 11 is 0. The second kappa shape index (κ2) is 26.0. The number of ether oxygens (including phenoxy) is 4. The zero-order valence-electron chi connectivity index (χ0n) is 41.9. The number of phenols is 2. The zero-order chi connectivity index (χ0) is 49.8. The molecule has 0 aromatic heterocycles. The van der Waals surface area contributed by atoms with Crippen LogP contribution in [0, 0.1) is 46.8 Å². The van der Waals surface area contributed by atoms with Crippen molar-refractivity contribution in [2.24, 2.45) is 35.0 Å². The van der Waals surface area contributed by atoms with Gasteiger partial charge in [0.15, 0.2) is 23.0 Å². The molecule has 7 rings (SSSR count). The van der Waals surface area contributed by atoms with E-state index in [-0.39, 0.29) is 83.0 Å². The van der Waals surface area contributed by atoms with Gasteiger partial charge < -0.3 is 65.1 Å². The second-order valence-electron chi connectivity index (χ2n) is 21.4. The van der Waals surface area contributed by atoms with Crippen molar-refractivity contribution < 1.29 is 59.8 Å². The van der Waals surface area contributed by atoms with E-state index in [4.69, 9.17) is 18.9 Å². The van der Waals surface area contributed by atoms with E-state index in [9.17, 15) is 40.9 Å². The van der Waals surface area contributed by atoms with Gasteiger partial charge in [-0.1, -0.05) is 60.1 Å². The summed E-state index contributed by atoms with van der Waals surface area (Å²) in [5.41, 5.74) is 2.27. The van der Waals surface area contributed by atoms with Gasteiger partial charge in [-0.3, -0.25) is 0 Å². The Morgan fingerprint density at radius 3 is 2.33 bits per heavy atom. The molecule has 0 amide bonds. The Labute approximate surface area is 424 Å². The number of hydrogen-bond acceptors (Lipinski definition) is 15. The molecule has 3 fully saturated rings. The molecule has 3 aliphatic carbocycles. The van der Waals surface area contributed by atoms with E-state index >= 15 is 0 Å². The topological polar surface area (TPSA) is 211 Å². The number of aryl methyl sites for hydroxylation is 1. The Kier molecular flexibility index (Phi) is 20.5. The van der Waals surface area contributed by atoms with Crippen LogP contribution in [0.15, 0.2) is 24.3 Å². The Hall–Kier alpha value is -2.62. The molecule has 70 heavy (non-hydrogen) atoms. The summed E-state index contributed by atoms with van der Waals surface area (Å²) in [6.07, 6.45) is 13.0. The van der Waals surface area contributed by atoms with Crippen LogP contribution in [0.1, 0.15) is 144 Å². The van der Waals surface area contributed by atoms with Crippen LogP contribution in [0.2, 0.25) is 0 Å². The number of aromatic hydroxyl groups is 2. The number of benzene rings is 2. The van der Waals surface area contributed by atoms with Crippen LogP contribution in [0.3, 0.4) is 0 Å². The van der Waals surface area contributed by atoms with Gasteiger partial charge in [0.25, 0.3) is 0 Å². The average molecular weight is 1010 g/mol. The molecule has 0 saturated heterocycles. The van der Waals surface area contributed by atoms with Gasteiger partial charge in [-0.15, -0.1) is 5.92 Å². The lowest BCUT2D eigenvalue weighted by atomic mass is 9.51. The normalized spacial score (nSPS) is 32.2. The summed E-state index contributed by atoms with van der Waals surface area (Å²) in [6.45, 7) is 2.64. The molecule has 12 unspecified atom stereocenters. The number of aliphatic hydroxyl groups is 6. The van der Waals surface area contributed by atoms with Crippen LogP contribution in [0.5, 0.6) is 28.7 Å². The van der Waals surface area contributed by atoms with Crippen LogP contribution >= 0.6 is 21.6 Å². The van der Waals surface area contributed by atoms with Gasteiger partial charge in [-0.2, -0.15) is 0 Å². The fourth-order valence-electron chi connectivity index (χ4n) is 13.0. The summed E-state index contributed by atoms with van der Waals surface area (Å²) in [7, 11) is 5.86. The summed E-state index contributed by atoms with van der Waals surface area (Å²) < 4.78 is 23.7. The Morgan fingerprint density at radius 2 is 1.61 bits per heavy atom. The van der Waals surface area contributed by atoms with E-state index < -0.39 is 37.1 Å². The van der Waals surface area contributed by atoms with Gasteiger partial charge >= 0.3 is 0 Å². The third-order valence-electron chi connectivity index (χ3n) is 16.9. The largest absolute Gasteiger partial charge is 0.504 e. The molecule has 2 heterocycles. The first-order valence-corrected chi connectivity index (χ1v) is 28.7. The molecule has 13 nitrogen and oxygen atoms in total. The van der Waals surface area contributed by atoms with E-state index in [1.807, 2.05) is 6.07 Å².